The summed E-state index contributed by atoms with van der Waals surface area (Å²) in [6, 6.07) is 23.6. The zero-order valence-electron chi connectivity index (χ0n) is 13.3. The van der Waals surface area contributed by atoms with Gasteiger partial charge in [0.2, 0.25) is 0 Å². The summed E-state index contributed by atoms with van der Waals surface area (Å²) in [6.07, 6.45) is 1.74. The number of hydrogen-bond acceptors (Lipinski definition) is 2. The Labute approximate surface area is 141 Å². The van der Waals surface area contributed by atoms with Gasteiger partial charge >= 0.3 is 5.97 Å². The zero-order chi connectivity index (χ0) is 16.8. The summed E-state index contributed by atoms with van der Waals surface area (Å²) < 4.78 is 4.85. The fraction of sp³-hybridized carbons (Fsp3) is 0.0455. The topological polar surface area (TPSA) is 26.3 Å². The van der Waals surface area contributed by atoms with E-state index in [9.17, 15) is 4.79 Å². The van der Waals surface area contributed by atoms with Crippen molar-refractivity contribution < 1.29 is 9.53 Å². The minimum Gasteiger partial charge on any atom is -0.465 e. The molecule has 2 heteroatoms. The third-order valence-corrected chi connectivity index (χ3v) is 3.64. The van der Waals surface area contributed by atoms with E-state index in [0.717, 1.165) is 21.9 Å². The molecular formula is C22H16O2. The van der Waals surface area contributed by atoms with Gasteiger partial charge in [-0.1, -0.05) is 78.6 Å². The lowest BCUT2D eigenvalue weighted by atomic mass is 10.0. The molecule has 0 saturated carbocycles. The fourth-order valence-electron chi connectivity index (χ4n) is 2.44. The van der Waals surface area contributed by atoms with Crippen molar-refractivity contribution in [2.24, 2.45) is 0 Å². The summed E-state index contributed by atoms with van der Waals surface area (Å²) in [5.74, 6) is 5.63. The second-order valence-corrected chi connectivity index (χ2v) is 5.24. The van der Waals surface area contributed by atoms with Crippen molar-refractivity contribution in [2.75, 3.05) is 7.11 Å². The Bertz CT molecular complexity index is 952. The number of carbonyl (C=O) groups is 1. The van der Waals surface area contributed by atoms with Gasteiger partial charge in [-0.2, -0.15) is 0 Å². The first-order chi connectivity index (χ1) is 11.8. The minimum atomic E-state index is -0.438. The molecular weight excluding hydrogens is 296 g/mol. The molecule has 0 bridgehead atoms. The van der Waals surface area contributed by atoms with Crippen molar-refractivity contribution in [3.63, 3.8) is 0 Å². The van der Waals surface area contributed by atoms with Crippen LogP contribution in [0.25, 0.3) is 16.8 Å². The van der Waals surface area contributed by atoms with Crippen LogP contribution in [-0.4, -0.2) is 13.1 Å². The maximum Gasteiger partial charge on any atom is 0.346 e. The first-order valence-electron chi connectivity index (χ1n) is 7.63. The van der Waals surface area contributed by atoms with Crippen LogP contribution in [0, 0.1) is 11.8 Å². The Kier molecular flexibility index (Phi) is 4.74. The lowest BCUT2D eigenvalue weighted by Crippen LogP contribution is -2.02. The number of methoxy groups -OCH3 is 1. The van der Waals surface area contributed by atoms with Gasteiger partial charge in [-0.05, 0) is 28.5 Å². The summed E-state index contributed by atoms with van der Waals surface area (Å²) >= 11 is 0. The molecule has 3 aromatic rings. The summed E-state index contributed by atoms with van der Waals surface area (Å²) in [7, 11) is 1.36. The van der Waals surface area contributed by atoms with Crippen LogP contribution in [0.2, 0.25) is 0 Å². The molecule has 0 unspecified atom stereocenters. The molecule has 0 saturated heterocycles. The number of benzene rings is 3. The summed E-state index contributed by atoms with van der Waals surface area (Å²) in [4.78, 5) is 12.0. The first kappa shape index (κ1) is 15.6. The van der Waals surface area contributed by atoms with Gasteiger partial charge < -0.3 is 4.74 Å². The standard InChI is InChI=1S/C22H16O2/c1-24-22(23)20(16-17-8-3-2-4-9-17)15-14-19-12-7-11-18-10-5-6-13-21(18)19/h2-13,16H,1H3/b20-16+. The summed E-state index contributed by atoms with van der Waals surface area (Å²) in [5, 5.41) is 2.19. The van der Waals surface area contributed by atoms with E-state index in [1.165, 1.54) is 7.11 Å². The largest absolute Gasteiger partial charge is 0.465 e. The molecule has 0 atom stereocenters. The Morgan fingerprint density at radius 2 is 1.62 bits per heavy atom. The Hall–Kier alpha value is -3.31. The van der Waals surface area contributed by atoms with E-state index in [2.05, 4.69) is 11.8 Å². The monoisotopic (exact) mass is 312 g/mol. The van der Waals surface area contributed by atoms with E-state index in [0.29, 0.717) is 5.57 Å². The maximum absolute atomic E-state index is 12.0. The van der Waals surface area contributed by atoms with E-state index in [1.54, 1.807) is 6.08 Å². The van der Waals surface area contributed by atoms with E-state index >= 15 is 0 Å². The number of esters is 1. The molecule has 0 aliphatic rings. The molecule has 0 aromatic heterocycles. The van der Waals surface area contributed by atoms with Crippen LogP contribution < -0.4 is 0 Å². The summed E-state index contributed by atoms with van der Waals surface area (Å²) in [5.41, 5.74) is 2.12. The third-order valence-electron chi connectivity index (χ3n) is 3.64. The summed E-state index contributed by atoms with van der Waals surface area (Å²) in [6.45, 7) is 0. The first-order valence-corrected chi connectivity index (χ1v) is 7.63. The number of carbonyl (C=O) groups excluding carboxylic acids is 1. The van der Waals surface area contributed by atoms with Crippen molar-refractivity contribution in [1.82, 2.24) is 0 Å². The number of ether oxygens (including phenoxy) is 1. The van der Waals surface area contributed by atoms with E-state index in [4.69, 9.17) is 4.74 Å². The third kappa shape index (κ3) is 3.53. The highest BCUT2D eigenvalue weighted by molar-refractivity contribution is 5.99. The van der Waals surface area contributed by atoms with Crippen LogP contribution in [0.1, 0.15) is 11.1 Å². The van der Waals surface area contributed by atoms with Crippen LogP contribution >= 0.6 is 0 Å². The van der Waals surface area contributed by atoms with Gasteiger partial charge in [0.1, 0.15) is 5.57 Å². The molecule has 0 spiro atoms. The lowest BCUT2D eigenvalue weighted by Gasteiger charge is -2.01. The highest BCUT2D eigenvalue weighted by Crippen LogP contribution is 2.17. The number of fused-ring (bicyclic) bond motifs is 1. The van der Waals surface area contributed by atoms with Crippen LogP contribution in [0.3, 0.4) is 0 Å². The van der Waals surface area contributed by atoms with Crippen molar-refractivity contribution >= 4 is 22.8 Å². The van der Waals surface area contributed by atoms with Crippen molar-refractivity contribution in [3.05, 3.63) is 89.5 Å². The van der Waals surface area contributed by atoms with Gasteiger partial charge in [-0.25, -0.2) is 4.79 Å². The van der Waals surface area contributed by atoms with Gasteiger partial charge in [0.25, 0.3) is 0 Å². The maximum atomic E-state index is 12.0. The molecule has 0 amide bonds. The average molecular weight is 312 g/mol. The molecule has 0 radical (unpaired) electrons. The Morgan fingerprint density at radius 3 is 2.42 bits per heavy atom. The Balaban J connectivity index is 2.04. The van der Waals surface area contributed by atoms with Crippen LogP contribution in [0.15, 0.2) is 78.4 Å². The molecule has 0 heterocycles. The molecule has 0 fully saturated rings. The van der Waals surface area contributed by atoms with Gasteiger partial charge in [-0.15, -0.1) is 0 Å². The fourth-order valence-corrected chi connectivity index (χ4v) is 2.44. The second kappa shape index (κ2) is 7.30. The van der Waals surface area contributed by atoms with Crippen molar-refractivity contribution in [3.8, 4) is 11.8 Å². The number of hydrogen-bond donors (Lipinski definition) is 0. The molecule has 3 rings (SSSR count). The minimum absolute atomic E-state index is 0.330. The number of rotatable bonds is 2. The van der Waals surface area contributed by atoms with Crippen LogP contribution in [0.4, 0.5) is 0 Å². The van der Waals surface area contributed by atoms with Crippen molar-refractivity contribution in [1.29, 1.82) is 0 Å². The van der Waals surface area contributed by atoms with Crippen LogP contribution in [0.5, 0.6) is 0 Å². The van der Waals surface area contributed by atoms with Gasteiger partial charge in [-0.3, -0.25) is 0 Å². The lowest BCUT2D eigenvalue weighted by molar-refractivity contribution is -0.135. The molecule has 3 aromatic carbocycles. The van der Waals surface area contributed by atoms with Crippen LogP contribution in [-0.2, 0) is 9.53 Å². The molecule has 24 heavy (non-hydrogen) atoms. The van der Waals surface area contributed by atoms with E-state index < -0.39 is 5.97 Å². The highest BCUT2D eigenvalue weighted by atomic mass is 16.5. The molecule has 0 aliphatic heterocycles. The van der Waals surface area contributed by atoms with E-state index in [-0.39, 0.29) is 0 Å². The SMILES string of the molecule is COC(=O)/C(C#Cc1cccc2ccccc12)=C/c1ccccc1. The Morgan fingerprint density at radius 1 is 0.917 bits per heavy atom. The normalized spacial score (nSPS) is 10.8. The van der Waals surface area contributed by atoms with Gasteiger partial charge in [0.15, 0.2) is 0 Å². The molecule has 116 valence electrons. The van der Waals surface area contributed by atoms with Crippen molar-refractivity contribution in [2.45, 2.75) is 0 Å². The van der Waals surface area contributed by atoms with Gasteiger partial charge in [0, 0.05) is 5.56 Å². The van der Waals surface area contributed by atoms with Gasteiger partial charge in [0.05, 0.1) is 7.11 Å². The second-order valence-electron chi connectivity index (χ2n) is 5.24. The average Bonchev–Trinajstić information content (AvgIpc) is 2.65. The predicted molar refractivity (Wildman–Crippen MR) is 97.3 cm³/mol. The quantitative estimate of drug-likeness (QED) is 0.397. The smallest absolute Gasteiger partial charge is 0.346 e. The zero-order valence-corrected chi connectivity index (χ0v) is 13.3. The molecule has 0 N–H and O–H groups in total. The highest BCUT2D eigenvalue weighted by Gasteiger charge is 2.07. The molecule has 2 nitrogen and oxygen atoms in total. The molecule has 0 aliphatic carbocycles. The predicted octanol–water partition coefficient (Wildman–Crippen LogP) is 4.45. The van der Waals surface area contributed by atoms with E-state index in [1.807, 2.05) is 72.8 Å².